The van der Waals surface area contributed by atoms with Crippen LogP contribution in [0.4, 0.5) is 0 Å². The molecule has 0 aliphatic heterocycles. The average Bonchev–Trinajstić information content (AvgIpc) is 3.01. The quantitative estimate of drug-likeness (QED) is 0.599. The summed E-state index contributed by atoms with van der Waals surface area (Å²) in [6.45, 7) is 2.05. The minimum absolute atomic E-state index is 0.188. The number of furan rings is 1. The lowest BCUT2D eigenvalue weighted by Gasteiger charge is -2.02. The number of esters is 1. The molecule has 0 atom stereocenters. The number of benzene rings is 2. The Kier molecular flexibility index (Phi) is 4.49. The maximum Gasteiger partial charge on any atom is 0.374 e. The van der Waals surface area contributed by atoms with Gasteiger partial charge in [0.05, 0.1) is 11.6 Å². The van der Waals surface area contributed by atoms with Crippen LogP contribution in [0.5, 0.6) is 0 Å². The van der Waals surface area contributed by atoms with Crippen molar-refractivity contribution in [2.24, 2.45) is 0 Å². The Bertz CT molecular complexity index is 822. The first-order valence-corrected chi connectivity index (χ1v) is 7.69. The van der Waals surface area contributed by atoms with E-state index in [4.69, 9.17) is 20.8 Å². The van der Waals surface area contributed by atoms with Crippen molar-refractivity contribution in [3.63, 3.8) is 0 Å². The van der Waals surface area contributed by atoms with Gasteiger partial charge in [0.2, 0.25) is 5.76 Å². The summed E-state index contributed by atoms with van der Waals surface area (Å²) in [6.07, 6.45) is 0. The van der Waals surface area contributed by atoms with Crippen molar-refractivity contribution in [3.8, 4) is 22.5 Å². The van der Waals surface area contributed by atoms with Crippen LogP contribution in [0.3, 0.4) is 0 Å². The lowest BCUT2D eigenvalue weighted by Crippen LogP contribution is -2.04. The van der Waals surface area contributed by atoms with Gasteiger partial charge < -0.3 is 9.15 Å². The smallest absolute Gasteiger partial charge is 0.374 e. The van der Waals surface area contributed by atoms with E-state index in [1.165, 1.54) is 0 Å². The van der Waals surface area contributed by atoms with Crippen LogP contribution in [0.25, 0.3) is 22.5 Å². The molecular formula is C19H15ClO3. The average molecular weight is 327 g/mol. The zero-order valence-corrected chi connectivity index (χ0v) is 13.3. The Morgan fingerprint density at radius 3 is 2.43 bits per heavy atom. The first kappa shape index (κ1) is 15.4. The van der Waals surface area contributed by atoms with E-state index < -0.39 is 5.97 Å². The fraction of sp³-hybridized carbons (Fsp3) is 0.105. The third-order valence-electron chi connectivity index (χ3n) is 3.42. The second kappa shape index (κ2) is 6.71. The Hall–Kier alpha value is -2.52. The maximum absolute atomic E-state index is 12.2. The number of ether oxygens (including phenoxy) is 1. The van der Waals surface area contributed by atoms with Gasteiger partial charge in [-0.25, -0.2) is 4.79 Å². The monoisotopic (exact) mass is 326 g/mol. The van der Waals surface area contributed by atoms with Crippen molar-refractivity contribution in [1.82, 2.24) is 0 Å². The van der Waals surface area contributed by atoms with Crippen molar-refractivity contribution in [2.45, 2.75) is 6.92 Å². The Morgan fingerprint density at radius 2 is 1.74 bits per heavy atom. The molecule has 0 unspecified atom stereocenters. The molecule has 0 fully saturated rings. The molecule has 4 heteroatoms. The molecule has 0 spiro atoms. The lowest BCUT2D eigenvalue weighted by atomic mass is 10.0. The Morgan fingerprint density at radius 1 is 1.04 bits per heavy atom. The Labute approximate surface area is 139 Å². The van der Waals surface area contributed by atoms with E-state index in [-0.39, 0.29) is 12.4 Å². The second-order valence-electron chi connectivity index (χ2n) is 4.92. The summed E-state index contributed by atoms with van der Waals surface area (Å²) in [7, 11) is 0. The van der Waals surface area contributed by atoms with Gasteiger partial charge in [-0.2, -0.15) is 0 Å². The van der Waals surface area contributed by atoms with Crippen molar-refractivity contribution in [3.05, 3.63) is 71.4 Å². The molecule has 0 radical (unpaired) electrons. The SMILES string of the molecule is CCOC(=O)c1oc(-c2ccccc2Cl)cc1-c1ccccc1. The van der Waals surface area contributed by atoms with E-state index in [1.54, 1.807) is 13.0 Å². The summed E-state index contributed by atoms with van der Waals surface area (Å²) in [5.41, 5.74) is 2.32. The molecule has 3 rings (SSSR count). The van der Waals surface area contributed by atoms with Crippen LogP contribution in [-0.2, 0) is 4.74 Å². The topological polar surface area (TPSA) is 39.4 Å². The molecular weight excluding hydrogens is 312 g/mol. The van der Waals surface area contributed by atoms with Gasteiger partial charge in [0.15, 0.2) is 0 Å². The van der Waals surface area contributed by atoms with Gasteiger partial charge >= 0.3 is 5.97 Å². The molecule has 2 aromatic carbocycles. The first-order chi connectivity index (χ1) is 11.2. The van der Waals surface area contributed by atoms with Crippen LogP contribution in [0.2, 0.25) is 5.02 Å². The van der Waals surface area contributed by atoms with Crippen LogP contribution in [0.15, 0.2) is 65.1 Å². The summed E-state index contributed by atoms with van der Waals surface area (Å²) >= 11 is 6.23. The molecule has 1 heterocycles. The molecule has 1 aromatic heterocycles. The van der Waals surface area contributed by atoms with Gasteiger partial charge in [-0.1, -0.05) is 54.1 Å². The highest BCUT2D eigenvalue weighted by molar-refractivity contribution is 6.33. The van der Waals surface area contributed by atoms with Gasteiger partial charge in [0, 0.05) is 11.1 Å². The van der Waals surface area contributed by atoms with E-state index in [0.717, 1.165) is 11.1 Å². The fourth-order valence-electron chi connectivity index (χ4n) is 2.37. The van der Waals surface area contributed by atoms with Crippen molar-refractivity contribution in [2.75, 3.05) is 6.61 Å². The maximum atomic E-state index is 12.2. The molecule has 0 saturated heterocycles. The molecule has 0 saturated carbocycles. The van der Waals surface area contributed by atoms with Crippen LogP contribution >= 0.6 is 11.6 Å². The number of carbonyl (C=O) groups excluding carboxylic acids is 1. The minimum atomic E-state index is -0.482. The molecule has 0 N–H and O–H groups in total. The van der Waals surface area contributed by atoms with Gasteiger partial charge in [0.25, 0.3) is 0 Å². The second-order valence-corrected chi connectivity index (χ2v) is 5.33. The highest BCUT2D eigenvalue weighted by atomic mass is 35.5. The van der Waals surface area contributed by atoms with E-state index in [0.29, 0.717) is 16.3 Å². The van der Waals surface area contributed by atoms with Crippen LogP contribution < -0.4 is 0 Å². The molecule has 23 heavy (non-hydrogen) atoms. The fourth-order valence-corrected chi connectivity index (χ4v) is 2.59. The summed E-state index contributed by atoms with van der Waals surface area (Å²) in [5, 5.41) is 0.566. The molecule has 0 amide bonds. The number of halogens is 1. The standard InChI is InChI=1S/C19H15ClO3/c1-2-22-19(21)18-15(13-8-4-3-5-9-13)12-17(23-18)14-10-6-7-11-16(14)20/h3-12H,2H2,1H3. The number of hydrogen-bond donors (Lipinski definition) is 0. The van der Waals surface area contributed by atoms with E-state index in [2.05, 4.69) is 0 Å². The minimum Gasteiger partial charge on any atom is -0.460 e. The highest BCUT2D eigenvalue weighted by Gasteiger charge is 2.22. The summed E-state index contributed by atoms with van der Waals surface area (Å²) in [5.74, 6) is 0.245. The molecule has 3 aromatic rings. The van der Waals surface area contributed by atoms with Crippen molar-refractivity contribution in [1.29, 1.82) is 0 Å². The normalized spacial score (nSPS) is 10.5. The third-order valence-corrected chi connectivity index (χ3v) is 3.75. The van der Waals surface area contributed by atoms with Gasteiger partial charge in [0.1, 0.15) is 5.76 Å². The molecule has 0 bridgehead atoms. The van der Waals surface area contributed by atoms with Gasteiger partial charge in [-0.05, 0) is 30.7 Å². The summed E-state index contributed by atoms with van der Waals surface area (Å²) in [4.78, 5) is 12.2. The number of hydrogen-bond acceptors (Lipinski definition) is 3. The summed E-state index contributed by atoms with van der Waals surface area (Å²) < 4.78 is 10.9. The lowest BCUT2D eigenvalue weighted by molar-refractivity contribution is 0.0492. The predicted molar refractivity (Wildman–Crippen MR) is 90.5 cm³/mol. The van der Waals surface area contributed by atoms with Crippen LogP contribution in [0, 0.1) is 0 Å². The van der Waals surface area contributed by atoms with Gasteiger partial charge in [-0.15, -0.1) is 0 Å². The molecule has 3 nitrogen and oxygen atoms in total. The molecule has 0 aliphatic carbocycles. The van der Waals surface area contributed by atoms with E-state index >= 15 is 0 Å². The number of rotatable bonds is 4. The predicted octanol–water partition coefficient (Wildman–Crippen LogP) is 5.44. The van der Waals surface area contributed by atoms with Gasteiger partial charge in [-0.3, -0.25) is 0 Å². The van der Waals surface area contributed by atoms with Crippen molar-refractivity contribution < 1.29 is 13.9 Å². The molecule has 0 aliphatic rings. The van der Waals surface area contributed by atoms with Crippen LogP contribution in [-0.4, -0.2) is 12.6 Å². The van der Waals surface area contributed by atoms with Crippen LogP contribution in [0.1, 0.15) is 17.5 Å². The number of carbonyl (C=O) groups is 1. The van der Waals surface area contributed by atoms with E-state index in [9.17, 15) is 4.79 Å². The molecule has 116 valence electrons. The van der Waals surface area contributed by atoms with E-state index in [1.807, 2.05) is 54.6 Å². The largest absolute Gasteiger partial charge is 0.460 e. The summed E-state index contributed by atoms with van der Waals surface area (Å²) in [6, 6.07) is 18.8. The Balaban J connectivity index is 2.14. The zero-order valence-electron chi connectivity index (χ0n) is 12.6. The first-order valence-electron chi connectivity index (χ1n) is 7.32. The highest BCUT2D eigenvalue weighted by Crippen LogP contribution is 2.35. The zero-order chi connectivity index (χ0) is 16.2. The van der Waals surface area contributed by atoms with Crippen molar-refractivity contribution >= 4 is 17.6 Å². The third kappa shape index (κ3) is 3.15.